The van der Waals surface area contributed by atoms with Crippen molar-refractivity contribution in [2.75, 3.05) is 13.2 Å². The number of likely N-dealkylation sites (tertiary alicyclic amines) is 1. The monoisotopic (exact) mass is 434 g/mol. The molecule has 1 N–H and O–H groups in total. The molecule has 4 rings (SSSR count). The van der Waals surface area contributed by atoms with Crippen molar-refractivity contribution in [1.29, 1.82) is 0 Å². The molecule has 1 saturated heterocycles. The van der Waals surface area contributed by atoms with Gasteiger partial charge in [0.05, 0.1) is 6.04 Å². The number of nitrogens with zero attached hydrogens (tertiary/aromatic N) is 3. The van der Waals surface area contributed by atoms with Gasteiger partial charge in [-0.05, 0) is 30.5 Å². The van der Waals surface area contributed by atoms with Crippen LogP contribution in [0.3, 0.4) is 0 Å². The molecule has 1 aliphatic heterocycles. The highest BCUT2D eigenvalue weighted by molar-refractivity contribution is 5.78. The number of hydrogen-bond acceptors (Lipinski definition) is 6. The molecule has 8 heteroatoms. The van der Waals surface area contributed by atoms with Crippen LogP contribution >= 0.6 is 0 Å². The molecule has 166 valence electrons. The molecule has 0 aliphatic carbocycles. The van der Waals surface area contributed by atoms with Crippen molar-refractivity contribution in [2.45, 2.75) is 38.3 Å². The fourth-order valence-electron chi connectivity index (χ4n) is 3.69. The first-order chi connectivity index (χ1) is 15.7. The predicted octanol–water partition coefficient (Wildman–Crippen LogP) is 3.06. The Morgan fingerprint density at radius 3 is 2.62 bits per heavy atom. The maximum atomic E-state index is 12.7. The van der Waals surface area contributed by atoms with Crippen LogP contribution < -0.4 is 10.1 Å². The van der Waals surface area contributed by atoms with E-state index < -0.39 is 0 Å². The van der Waals surface area contributed by atoms with Gasteiger partial charge in [0.1, 0.15) is 5.75 Å². The van der Waals surface area contributed by atoms with Crippen molar-refractivity contribution in [2.24, 2.45) is 0 Å². The summed E-state index contributed by atoms with van der Waals surface area (Å²) >= 11 is 0. The number of amides is 2. The topological polar surface area (TPSA) is 97.6 Å². The molecule has 2 aromatic carbocycles. The van der Waals surface area contributed by atoms with E-state index in [4.69, 9.17) is 9.26 Å². The molecule has 0 saturated carbocycles. The van der Waals surface area contributed by atoms with Crippen LogP contribution in [0, 0.1) is 0 Å². The van der Waals surface area contributed by atoms with E-state index in [0.717, 1.165) is 18.4 Å². The molecule has 0 spiro atoms. The maximum absolute atomic E-state index is 12.7. The number of ether oxygens (including phenoxy) is 1. The Hall–Kier alpha value is -3.68. The van der Waals surface area contributed by atoms with E-state index in [2.05, 4.69) is 15.5 Å². The molecule has 1 aliphatic rings. The van der Waals surface area contributed by atoms with Crippen molar-refractivity contribution in [3.8, 4) is 5.75 Å². The van der Waals surface area contributed by atoms with Gasteiger partial charge in [-0.3, -0.25) is 9.59 Å². The Morgan fingerprint density at radius 1 is 1.09 bits per heavy atom. The standard InChI is InChI=1S/C24H26N4O4/c29-21(25-16-18-8-3-1-4-9-18)13-14-22-26-24(27-32-22)20-12-7-15-28(20)23(30)17-31-19-10-5-2-6-11-19/h1-6,8-11,20H,7,12-17H2,(H,25,29). The number of carbonyl (C=O) groups is 2. The SMILES string of the molecule is O=C(CCc1nc(C2CCCN2C(=O)COc2ccccc2)no1)NCc1ccccc1. The highest BCUT2D eigenvalue weighted by Crippen LogP contribution is 2.30. The Bertz CT molecular complexity index is 1020. The summed E-state index contributed by atoms with van der Waals surface area (Å²) in [5, 5.41) is 6.95. The molecule has 8 nitrogen and oxygen atoms in total. The summed E-state index contributed by atoms with van der Waals surface area (Å²) in [7, 11) is 0. The number of benzene rings is 2. The Kier molecular flexibility index (Phi) is 7.12. The van der Waals surface area contributed by atoms with Gasteiger partial charge in [0, 0.05) is 25.9 Å². The van der Waals surface area contributed by atoms with Gasteiger partial charge in [0.25, 0.3) is 5.91 Å². The van der Waals surface area contributed by atoms with Crippen LogP contribution in [0.5, 0.6) is 5.75 Å². The minimum atomic E-state index is -0.230. The Balaban J connectivity index is 1.26. The summed E-state index contributed by atoms with van der Waals surface area (Å²) in [6.07, 6.45) is 2.25. The summed E-state index contributed by atoms with van der Waals surface area (Å²) in [6.45, 7) is 1.08. The minimum Gasteiger partial charge on any atom is -0.484 e. The third-order valence-electron chi connectivity index (χ3n) is 5.36. The lowest BCUT2D eigenvalue weighted by molar-refractivity contribution is -0.134. The second kappa shape index (κ2) is 10.6. The molecule has 1 atom stereocenters. The number of carbonyl (C=O) groups excluding carboxylic acids is 2. The van der Waals surface area contributed by atoms with Crippen molar-refractivity contribution < 1.29 is 18.8 Å². The van der Waals surface area contributed by atoms with E-state index in [1.54, 1.807) is 4.90 Å². The van der Waals surface area contributed by atoms with Crippen molar-refractivity contribution in [3.05, 3.63) is 77.9 Å². The fourth-order valence-corrected chi connectivity index (χ4v) is 3.69. The van der Waals surface area contributed by atoms with E-state index in [9.17, 15) is 9.59 Å². The molecule has 3 aromatic rings. The predicted molar refractivity (Wildman–Crippen MR) is 117 cm³/mol. The zero-order valence-corrected chi connectivity index (χ0v) is 17.8. The van der Waals surface area contributed by atoms with E-state index in [-0.39, 0.29) is 30.9 Å². The Labute approximate surface area is 186 Å². The van der Waals surface area contributed by atoms with Gasteiger partial charge in [-0.15, -0.1) is 0 Å². The highest BCUT2D eigenvalue weighted by atomic mass is 16.5. The summed E-state index contributed by atoms with van der Waals surface area (Å²) in [6, 6.07) is 18.8. The largest absolute Gasteiger partial charge is 0.484 e. The lowest BCUT2D eigenvalue weighted by Crippen LogP contribution is -2.34. The lowest BCUT2D eigenvalue weighted by atomic mass is 10.2. The third-order valence-corrected chi connectivity index (χ3v) is 5.36. The molecule has 1 fully saturated rings. The number of aryl methyl sites for hydroxylation is 1. The van der Waals surface area contributed by atoms with Crippen molar-refractivity contribution >= 4 is 11.8 Å². The second-order valence-corrected chi connectivity index (χ2v) is 7.66. The van der Waals surface area contributed by atoms with Gasteiger partial charge < -0.3 is 19.5 Å². The zero-order valence-electron chi connectivity index (χ0n) is 17.8. The normalized spacial score (nSPS) is 15.5. The number of rotatable bonds is 9. The summed E-state index contributed by atoms with van der Waals surface area (Å²) in [4.78, 5) is 31.0. The number of para-hydroxylation sites is 1. The van der Waals surface area contributed by atoms with E-state index >= 15 is 0 Å². The first kappa shape index (κ1) is 21.5. The molecule has 2 heterocycles. The molecule has 2 amide bonds. The molecule has 0 bridgehead atoms. The van der Waals surface area contributed by atoms with Gasteiger partial charge in [-0.25, -0.2) is 0 Å². The highest BCUT2D eigenvalue weighted by Gasteiger charge is 2.33. The van der Waals surface area contributed by atoms with Gasteiger partial charge in [-0.2, -0.15) is 4.98 Å². The lowest BCUT2D eigenvalue weighted by Gasteiger charge is -2.22. The number of aromatic nitrogens is 2. The van der Waals surface area contributed by atoms with Gasteiger partial charge in [-0.1, -0.05) is 53.7 Å². The molecule has 1 unspecified atom stereocenters. The summed E-state index contributed by atoms with van der Waals surface area (Å²) in [5.41, 5.74) is 1.04. The number of hydrogen-bond donors (Lipinski definition) is 1. The average molecular weight is 434 g/mol. The van der Waals surface area contributed by atoms with Crippen LogP contribution in [-0.4, -0.2) is 40.0 Å². The van der Waals surface area contributed by atoms with Crippen LogP contribution in [0.2, 0.25) is 0 Å². The molecular weight excluding hydrogens is 408 g/mol. The second-order valence-electron chi connectivity index (χ2n) is 7.66. The van der Waals surface area contributed by atoms with Crippen molar-refractivity contribution in [3.63, 3.8) is 0 Å². The average Bonchev–Trinajstić information content (AvgIpc) is 3.51. The summed E-state index contributed by atoms with van der Waals surface area (Å²) < 4.78 is 10.9. The minimum absolute atomic E-state index is 0.0349. The smallest absolute Gasteiger partial charge is 0.261 e. The summed E-state index contributed by atoms with van der Waals surface area (Å²) in [5.74, 6) is 1.35. The van der Waals surface area contributed by atoms with E-state index in [1.807, 2.05) is 60.7 Å². The molecule has 32 heavy (non-hydrogen) atoms. The maximum Gasteiger partial charge on any atom is 0.261 e. The molecule has 0 radical (unpaired) electrons. The van der Waals surface area contributed by atoms with Crippen LogP contribution in [0.4, 0.5) is 0 Å². The number of nitrogens with one attached hydrogen (secondary N) is 1. The molecular formula is C24H26N4O4. The van der Waals surface area contributed by atoms with Crippen LogP contribution in [0.25, 0.3) is 0 Å². The van der Waals surface area contributed by atoms with Crippen LogP contribution in [0.1, 0.15) is 42.6 Å². The van der Waals surface area contributed by atoms with Gasteiger partial charge >= 0.3 is 0 Å². The third kappa shape index (κ3) is 5.72. The fraction of sp³-hybridized carbons (Fsp3) is 0.333. The van der Waals surface area contributed by atoms with Crippen LogP contribution in [-0.2, 0) is 22.6 Å². The van der Waals surface area contributed by atoms with E-state index in [1.165, 1.54) is 0 Å². The quantitative estimate of drug-likeness (QED) is 0.556. The molecule has 1 aromatic heterocycles. The zero-order chi connectivity index (χ0) is 22.2. The van der Waals surface area contributed by atoms with Crippen LogP contribution in [0.15, 0.2) is 65.2 Å². The van der Waals surface area contributed by atoms with Gasteiger partial charge in [0.2, 0.25) is 11.8 Å². The van der Waals surface area contributed by atoms with Crippen molar-refractivity contribution in [1.82, 2.24) is 20.4 Å². The first-order valence-corrected chi connectivity index (χ1v) is 10.8. The van der Waals surface area contributed by atoms with E-state index in [0.29, 0.717) is 37.0 Å². The van der Waals surface area contributed by atoms with Gasteiger partial charge in [0.15, 0.2) is 12.4 Å². The first-order valence-electron chi connectivity index (χ1n) is 10.8. The Morgan fingerprint density at radius 2 is 1.84 bits per heavy atom.